The molecule has 3 rings (SSSR count). The van der Waals surface area contributed by atoms with Gasteiger partial charge in [0.25, 0.3) is 0 Å². The molecule has 0 saturated carbocycles. The Morgan fingerprint density at radius 3 is 2.16 bits per heavy atom. The van der Waals surface area contributed by atoms with Crippen LogP contribution in [-0.4, -0.2) is 16.0 Å². The lowest BCUT2D eigenvalue weighted by Gasteiger charge is -2.21. The minimum Gasteiger partial charge on any atom is -0.384 e. The van der Waals surface area contributed by atoms with E-state index in [1.54, 1.807) is 0 Å². The summed E-state index contributed by atoms with van der Waals surface area (Å²) in [6.07, 6.45) is 0.211. The lowest BCUT2D eigenvalue weighted by atomic mass is 9.91. The van der Waals surface area contributed by atoms with Gasteiger partial charge in [-0.25, -0.2) is 0 Å². The number of aliphatic hydroxyl groups is 1. The van der Waals surface area contributed by atoms with E-state index in [0.717, 1.165) is 16.7 Å². The minimum atomic E-state index is -0.989. The van der Waals surface area contributed by atoms with Crippen LogP contribution >= 0.6 is 11.8 Å². The van der Waals surface area contributed by atoms with Gasteiger partial charge in [0, 0.05) is 5.75 Å². The maximum Gasteiger partial charge on any atom is 0.192 e. The lowest BCUT2D eigenvalue weighted by molar-refractivity contribution is -0.113. The zero-order valence-corrected chi connectivity index (χ0v) is 11.2. The molecule has 0 aromatic heterocycles. The molecule has 0 aliphatic carbocycles. The minimum absolute atomic E-state index is 0.0645. The fourth-order valence-electron chi connectivity index (χ4n) is 2.33. The number of benzene rings is 2. The highest BCUT2D eigenvalue weighted by molar-refractivity contribution is 8.14. The summed E-state index contributed by atoms with van der Waals surface area (Å²) >= 11 is 1.21. The van der Waals surface area contributed by atoms with E-state index in [4.69, 9.17) is 0 Å². The first-order chi connectivity index (χ1) is 9.17. The monoisotopic (exact) mass is 270 g/mol. The number of rotatable bonds is 2. The molecule has 0 spiro atoms. The van der Waals surface area contributed by atoms with Crippen LogP contribution in [0.2, 0.25) is 0 Å². The second-order valence-corrected chi connectivity index (χ2v) is 5.85. The molecule has 2 aromatic rings. The number of thioether (sulfide) groups is 1. The smallest absolute Gasteiger partial charge is 0.192 e. The molecule has 0 bridgehead atoms. The Morgan fingerprint density at radius 1 is 0.947 bits per heavy atom. The Morgan fingerprint density at radius 2 is 1.58 bits per heavy atom. The maximum atomic E-state index is 11.3. The topological polar surface area (TPSA) is 37.3 Å². The normalized spacial score (nSPS) is 22.7. The van der Waals surface area contributed by atoms with E-state index >= 15 is 0 Å². The van der Waals surface area contributed by atoms with Crippen LogP contribution in [0.15, 0.2) is 54.6 Å². The Hall–Kier alpha value is -1.58. The van der Waals surface area contributed by atoms with Crippen LogP contribution in [0.25, 0.3) is 11.1 Å². The maximum absolute atomic E-state index is 11.3. The average molecular weight is 270 g/mol. The molecule has 1 aliphatic rings. The highest BCUT2D eigenvalue weighted by Crippen LogP contribution is 2.38. The van der Waals surface area contributed by atoms with E-state index < -0.39 is 5.60 Å². The van der Waals surface area contributed by atoms with Gasteiger partial charge in [-0.2, -0.15) is 0 Å². The van der Waals surface area contributed by atoms with Crippen LogP contribution in [0.4, 0.5) is 0 Å². The fourth-order valence-corrected chi connectivity index (χ4v) is 3.34. The van der Waals surface area contributed by atoms with Crippen molar-refractivity contribution in [1.29, 1.82) is 0 Å². The highest BCUT2D eigenvalue weighted by atomic mass is 32.2. The van der Waals surface area contributed by atoms with Crippen molar-refractivity contribution < 1.29 is 9.90 Å². The molecule has 2 nitrogen and oxygen atoms in total. The molecule has 19 heavy (non-hydrogen) atoms. The molecular weight excluding hydrogens is 256 g/mol. The van der Waals surface area contributed by atoms with E-state index in [9.17, 15) is 9.90 Å². The molecule has 1 atom stereocenters. The Labute approximate surface area is 116 Å². The van der Waals surface area contributed by atoms with Gasteiger partial charge in [-0.1, -0.05) is 66.4 Å². The summed E-state index contributed by atoms with van der Waals surface area (Å²) in [4.78, 5) is 11.3. The fraction of sp³-hybridized carbons (Fsp3) is 0.188. The van der Waals surface area contributed by atoms with Gasteiger partial charge in [0.15, 0.2) is 5.12 Å². The van der Waals surface area contributed by atoms with Gasteiger partial charge < -0.3 is 5.11 Å². The predicted octanol–water partition coefficient (Wildman–Crippen LogP) is 3.20. The van der Waals surface area contributed by atoms with Crippen LogP contribution in [0.5, 0.6) is 0 Å². The largest absolute Gasteiger partial charge is 0.384 e. The molecule has 1 saturated heterocycles. The van der Waals surface area contributed by atoms with E-state index in [1.807, 2.05) is 42.5 Å². The summed E-state index contributed by atoms with van der Waals surface area (Å²) in [5.41, 5.74) is 2.10. The van der Waals surface area contributed by atoms with Crippen molar-refractivity contribution in [3.63, 3.8) is 0 Å². The Balaban J connectivity index is 1.89. The first kappa shape index (κ1) is 12.5. The second kappa shape index (κ2) is 4.83. The first-order valence-electron chi connectivity index (χ1n) is 6.21. The van der Waals surface area contributed by atoms with Crippen LogP contribution in [0.3, 0.4) is 0 Å². The lowest BCUT2D eigenvalue weighted by Crippen LogP contribution is -2.25. The first-order valence-corrected chi connectivity index (χ1v) is 7.20. The van der Waals surface area contributed by atoms with Gasteiger partial charge in [-0.05, 0) is 16.7 Å². The van der Waals surface area contributed by atoms with Crippen molar-refractivity contribution in [3.05, 3.63) is 60.2 Å². The standard InChI is InChI=1S/C16H14O2S/c17-15-10-16(18,11-19-15)14-8-6-13(7-9-14)12-4-2-1-3-5-12/h1-9,18H,10-11H2. The van der Waals surface area contributed by atoms with Crippen LogP contribution in [0.1, 0.15) is 12.0 Å². The van der Waals surface area contributed by atoms with Crippen LogP contribution < -0.4 is 0 Å². The van der Waals surface area contributed by atoms with Crippen molar-refractivity contribution in [1.82, 2.24) is 0 Å². The van der Waals surface area contributed by atoms with E-state index in [2.05, 4.69) is 12.1 Å². The number of hydrogen-bond acceptors (Lipinski definition) is 3. The molecule has 96 valence electrons. The van der Waals surface area contributed by atoms with Crippen LogP contribution in [0, 0.1) is 0 Å². The quantitative estimate of drug-likeness (QED) is 0.910. The molecule has 1 aliphatic heterocycles. The second-order valence-electron chi connectivity index (χ2n) is 4.81. The molecule has 1 unspecified atom stereocenters. The van der Waals surface area contributed by atoms with Crippen molar-refractivity contribution >= 4 is 16.9 Å². The van der Waals surface area contributed by atoms with Crippen molar-refractivity contribution in [2.75, 3.05) is 5.75 Å². The van der Waals surface area contributed by atoms with Gasteiger partial charge in [0.05, 0.1) is 6.42 Å². The van der Waals surface area contributed by atoms with E-state index in [1.165, 1.54) is 11.8 Å². The third-order valence-corrected chi connectivity index (χ3v) is 4.53. The van der Waals surface area contributed by atoms with Gasteiger partial charge >= 0.3 is 0 Å². The summed E-state index contributed by atoms with van der Waals surface area (Å²) in [5.74, 6) is 0.455. The third-order valence-electron chi connectivity index (χ3n) is 3.44. The molecule has 1 heterocycles. The molecule has 3 heteroatoms. The molecule has 1 fully saturated rings. The molecular formula is C16H14O2S. The van der Waals surface area contributed by atoms with E-state index in [0.29, 0.717) is 5.75 Å². The average Bonchev–Trinajstić information content (AvgIpc) is 2.81. The van der Waals surface area contributed by atoms with Gasteiger partial charge in [0.2, 0.25) is 0 Å². The van der Waals surface area contributed by atoms with Crippen LogP contribution in [-0.2, 0) is 10.4 Å². The summed E-state index contributed by atoms with van der Waals surface area (Å²) in [6.45, 7) is 0. The number of carbonyl (C=O) groups excluding carboxylic acids is 1. The number of carbonyl (C=O) groups is 1. The molecule has 2 aromatic carbocycles. The van der Waals surface area contributed by atoms with Crippen molar-refractivity contribution in [3.8, 4) is 11.1 Å². The van der Waals surface area contributed by atoms with Gasteiger partial charge in [0.1, 0.15) is 5.60 Å². The Bertz CT molecular complexity index is 592. The summed E-state index contributed by atoms with van der Waals surface area (Å²) in [7, 11) is 0. The molecule has 1 N–H and O–H groups in total. The molecule has 0 amide bonds. The SMILES string of the molecule is O=C1CC(O)(c2ccc(-c3ccccc3)cc2)CS1. The number of hydrogen-bond donors (Lipinski definition) is 1. The predicted molar refractivity (Wildman–Crippen MR) is 77.9 cm³/mol. The zero-order valence-electron chi connectivity index (χ0n) is 10.4. The summed E-state index contributed by atoms with van der Waals surface area (Å²) < 4.78 is 0. The summed E-state index contributed by atoms with van der Waals surface area (Å²) in [6, 6.07) is 17.9. The zero-order chi connectivity index (χ0) is 13.3. The molecule has 0 radical (unpaired) electrons. The van der Waals surface area contributed by atoms with E-state index in [-0.39, 0.29) is 11.5 Å². The highest BCUT2D eigenvalue weighted by Gasteiger charge is 2.38. The van der Waals surface area contributed by atoms with Crippen molar-refractivity contribution in [2.45, 2.75) is 12.0 Å². The van der Waals surface area contributed by atoms with Gasteiger partial charge in [-0.3, -0.25) is 4.79 Å². The Kier molecular flexibility index (Phi) is 3.17. The van der Waals surface area contributed by atoms with Crippen molar-refractivity contribution in [2.24, 2.45) is 0 Å². The third kappa shape index (κ3) is 2.44. The van der Waals surface area contributed by atoms with Gasteiger partial charge in [-0.15, -0.1) is 0 Å². The summed E-state index contributed by atoms with van der Waals surface area (Å²) in [5, 5.41) is 10.5.